The minimum Gasteiger partial charge on any atom is -0.319 e. The Hall–Kier alpha value is -6.46. The molecule has 230 valence electrons. The van der Waals surface area contributed by atoms with Gasteiger partial charge >= 0.3 is 0 Å². The summed E-state index contributed by atoms with van der Waals surface area (Å²) in [6.45, 7) is 10.4. The van der Waals surface area contributed by atoms with E-state index >= 15 is 0 Å². The number of nitriles is 1. The number of fused-ring (bicyclic) bond motifs is 3. The highest BCUT2D eigenvalue weighted by Crippen LogP contribution is 2.38. The molecule has 0 amide bonds. The molecule has 4 heteroatoms. The fourth-order valence-corrected chi connectivity index (χ4v) is 12.3. The molecule has 0 aliphatic rings. The van der Waals surface area contributed by atoms with Crippen LogP contribution in [0.15, 0.2) is 170 Å². The lowest BCUT2D eigenvalue weighted by atomic mass is 9.99. The van der Waals surface area contributed by atoms with Gasteiger partial charge in [-0.25, -0.2) is 4.85 Å². The van der Waals surface area contributed by atoms with Crippen molar-refractivity contribution >= 4 is 56.3 Å². The molecule has 0 radical (unpaired) electrons. The molecule has 8 rings (SSSR count). The first kappa shape index (κ1) is 29.9. The molecular formula is C45H31N3Si. The summed E-state index contributed by atoms with van der Waals surface area (Å²) in [6, 6.07) is 61.9. The molecule has 0 unspecified atom stereocenters. The van der Waals surface area contributed by atoms with Crippen molar-refractivity contribution in [2.45, 2.75) is 6.92 Å². The third-order valence-electron chi connectivity index (χ3n) is 9.67. The quantitative estimate of drug-likeness (QED) is 0.102. The zero-order chi connectivity index (χ0) is 33.4. The standard InChI is InChI=1S/C45H31N3Si/c1-32-22-26-44-41(28-32)40-20-12-13-21-43(40)48(44)45-27-23-33(30-42(45)47-2)39-25-24-38(29-34(39)31-46)49(35-14-6-3-7-15-35,36-16-8-4-9-17-36)37-18-10-5-11-19-37/h3-30H,1H3. The molecule has 0 bridgehead atoms. The van der Waals surface area contributed by atoms with Crippen LogP contribution >= 0.6 is 0 Å². The fourth-order valence-electron chi connectivity index (χ4n) is 7.50. The molecule has 7 aromatic carbocycles. The average molecular weight is 642 g/mol. The third-order valence-corrected chi connectivity index (χ3v) is 14.4. The van der Waals surface area contributed by atoms with E-state index in [1.807, 2.05) is 24.3 Å². The lowest BCUT2D eigenvalue weighted by molar-refractivity contribution is 1.19. The van der Waals surface area contributed by atoms with E-state index in [4.69, 9.17) is 6.57 Å². The predicted molar refractivity (Wildman–Crippen MR) is 206 cm³/mol. The Kier molecular flexibility index (Phi) is 7.50. The normalized spacial score (nSPS) is 11.3. The molecular weight excluding hydrogens is 611 g/mol. The van der Waals surface area contributed by atoms with Crippen LogP contribution in [0.4, 0.5) is 5.69 Å². The second kappa shape index (κ2) is 12.3. The Labute approximate surface area is 287 Å². The van der Waals surface area contributed by atoms with Gasteiger partial charge in [0.05, 0.1) is 34.9 Å². The van der Waals surface area contributed by atoms with Crippen molar-refractivity contribution in [1.82, 2.24) is 4.57 Å². The summed E-state index contributed by atoms with van der Waals surface area (Å²) >= 11 is 0. The molecule has 0 N–H and O–H groups in total. The van der Waals surface area contributed by atoms with Gasteiger partial charge in [0, 0.05) is 10.8 Å². The molecule has 8 aromatic rings. The van der Waals surface area contributed by atoms with E-state index in [0.717, 1.165) is 38.4 Å². The second-order valence-electron chi connectivity index (χ2n) is 12.4. The molecule has 0 fully saturated rings. The van der Waals surface area contributed by atoms with Gasteiger partial charge in [0.2, 0.25) is 5.69 Å². The Bertz CT molecular complexity index is 2480. The number of benzene rings is 7. The van der Waals surface area contributed by atoms with Crippen LogP contribution in [0.5, 0.6) is 0 Å². The SMILES string of the molecule is [C-]#[N+]c1cc(-c2ccc([Si](c3ccccc3)(c3ccccc3)c3ccccc3)cc2C#N)ccc1-n1c2ccccc2c2cc(C)ccc21. The number of aryl methyl sites for hydroxylation is 1. The van der Waals surface area contributed by atoms with E-state index in [9.17, 15) is 5.26 Å². The fraction of sp³-hybridized carbons (Fsp3) is 0.0222. The highest BCUT2D eigenvalue weighted by Gasteiger charge is 2.41. The molecule has 0 aliphatic carbocycles. The highest BCUT2D eigenvalue weighted by molar-refractivity contribution is 7.19. The molecule has 0 saturated carbocycles. The molecule has 1 aromatic heterocycles. The van der Waals surface area contributed by atoms with E-state index in [1.54, 1.807) is 0 Å². The van der Waals surface area contributed by atoms with Crippen LogP contribution in [0.2, 0.25) is 0 Å². The first-order chi connectivity index (χ1) is 24.1. The summed E-state index contributed by atoms with van der Waals surface area (Å²) in [4.78, 5) is 4.03. The van der Waals surface area contributed by atoms with Gasteiger partial charge in [0.1, 0.15) is 0 Å². The largest absolute Gasteiger partial charge is 0.319 e. The molecule has 0 atom stereocenters. The zero-order valence-electron chi connectivity index (χ0n) is 27.0. The van der Waals surface area contributed by atoms with E-state index in [1.165, 1.54) is 26.5 Å². The Balaban J connectivity index is 1.32. The van der Waals surface area contributed by atoms with Crippen LogP contribution in [-0.2, 0) is 0 Å². The molecule has 0 saturated heterocycles. The van der Waals surface area contributed by atoms with E-state index in [0.29, 0.717) is 11.3 Å². The van der Waals surface area contributed by atoms with Crippen LogP contribution in [0.1, 0.15) is 11.1 Å². The van der Waals surface area contributed by atoms with Gasteiger partial charge in [0.25, 0.3) is 0 Å². The summed E-state index contributed by atoms with van der Waals surface area (Å²) in [5.74, 6) is 0. The van der Waals surface area contributed by atoms with Gasteiger partial charge in [-0.3, -0.25) is 0 Å². The maximum Gasteiger partial charge on any atom is 0.211 e. The van der Waals surface area contributed by atoms with Gasteiger partial charge in [-0.15, -0.1) is 0 Å². The summed E-state index contributed by atoms with van der Waals surface area (Å²) in [5, 5.41) is 17.9. The number of rotatable bonds is 6. The zero-order valence-corrected chi connectivity index (χ0v) is 28.0. The molecule has 3 nitrogen and oxygen atoms in total. The van der Waals surface area contributed by atoms with Gasteiger partial charge in [-0.05, 0) is 75.2 Å². The molecule has 0 aliphatic heterocycles. The monoisotopic (exact) mass is 641 g/mol. The van der Waals surface area contributed by atoms with Gasteiger partial charge in [0.15, 0.2) is 8.07 Å². The first-order valence-electron chi connectivity index (χ1n) is 16.4. The Morgan fingerprint density at radius 3 is 1.78 bits per heavy atom. The summed E-state index contributed by atoms with van der Waals surface area (Å²) in [5.41, 5.74) is 6.94. The van der Waals surface area contributed by atoms with Gasteiger partial charge in [-0.1, -0.05) is 139 Å². The smallest absolute Gasteiger partial charge is 0.211 e. The van der Waals surface area contributed by atoms with Crippen LogP contribution in [-0.4, -0.2) is 12.6 Å². The minimum atomic E-state index is -2.79. The van der Waals surface area contributed by atoms with E-state index in [-0.39, 0.29) is 0 Å². The summed E-state index contributed by atoms with van der Waals surface area (Å²) < 4.78 is 2.19. The van der Waals surface area contributed by atoms with Crippen LogP contribution < -0.4 is 20.7 Å². The van der Waals surface area contributed by atoms with Crippen LogP contribution in [0.25, 0.3) is 43.5 Å². The van der Waals surface area contributed by atoms with Crippen molar-refractivity contribution in [2.24, 2.45) is 0 Å². The lowest BCUT2D eigenvalue weighted by Gasteiger charge is -2.34. The van der Waals surface area contributed by atoms with Crippen molar-refractivity contribution in [3.05, 3.63) is 192 Å². The van der Waals surface area contributed by atoms with Gasteiger partial charge in [-0.2, -0.15) is 5.26 Å². The average Bonchev–Trinajstić information content (AvgIpc) is 3.49. The number of hydrogen-bond acceptors (Lipinski definition) is 1. The van der Waals surface area contributed by atoms with Crippen molar-refractivity contribution in [1.29, 1.82) is 5.26 Å². The molecule has 49 heavy (non-hydrogen) atoms. The maximum atomic E-state index is 10.7. The number of hydrogen-bond donors (Lipinski definition) is 0. The Morgan fingerprint density at radius 2 is 1.16 bits per heavy atom. The number of para-hydroxylation sites is 1. The number of aromatic nitrogens is 1. The van der Waals surface area contributed by atoms with Crippen LogP contribution in [0, 0.1) is 24.8 Å². The maximum absolute atomic E-state index is 10.7. The van der Waals surface area contributed by atoms with Crippen molar-refractivity contribution in [3.63, 3.8) is 0 Å². The van der Waals surface area contributed by atoms with Crippen LogP contribution in [0.3, 0.4) is 0 Å². The second-order valence-corrected chi connectivity index (χ2v) is 16.2. The molecule has 0 spiro atoms. The summed E-state index contributed by atoms with van der Waals surface area (Å²) in [7, 11) is -2.79. The third kappa shape index (κ3) is 4.86. The topological polar surface area (TPSA) is 33.1 Å². The van der Waals surface area contributed by atoms with Gasteiger partial charge < -0.3 is 4.57 Å². The Morgan fingerprint density at radius 1 is 0.571 bits per heavy atom. The number of nitrogens with zero attached hydrogens (tertiary/aromatic N) is 3. The van der Waals surface area contributed by atoms with E-state index in [2.05, 4.69) is 168 Å². The van der Waals surface area contributed by atoms with Crippen molar-refractivity contribution in [2.75, 3.05) is 0 Å². The summed E-state index contributed by atoms with van der Waals surface area (Å²) in [6.07, 6.45) is 0. The minimum absolute atomic E-state index is 0.537. The van der Waals surface area contributed by atoms with E-state index < -0.39 is 8.07 Å². The highest BCUT2D eigenvalue weighted by atomic mass is 28.3. The van der Waals surface area contributed by atoms with Crippen molar-refractivity contribution in [3.8, 4) is 22.9 Å². The molecule has 1 heterocycles. The predicted octanol–water partition coefficient (Wildman–Crippen LogP) is 8.56. The first-order valence-corrected chi connectivity index (χ1v) is 18.4. The lowest BCUT2D eigenvalue weighted by Crippen LogP contribution is -2.74. The van der Waals surface area contributed by atoms with Crippen molar-refractivity contribution < 1.29 is 0 Å².